The average molecular weight is 316 g/mol. The van der Waals surface area contributed by atoms with Gasteiger partial charge in [0.25, 0.3) is 0 Å². The van der Waals surface area contributed by atoms with Crippen LogP contribution in [0.5, 0.6) is 0 Å². The van der Waals surface area contributed by atoms with Crippen LogP contribution >= 0.6 is 0 Å². The molecule has 0 aliphatic rings. The maximum atomic E-state index is 6.20. The van der Waals surface area contributed by atoms with E-state index in [1.54, 1.807) is 0 Å². The second-order valence-corrected chi connectivity index (χ2v) is 6.15. The van der Waals surface area contributed by atoms with Crippen LogP contribution in [0.2, 0.25) is 0 Å². The second kappa shape index (κ2) is 5.64. The first kappa shape index (κ1) is 14.7. The number of aromatic nitrogens is 3. The van der Waals surface area contributed by atoms with E-state index < -0.39 is 0 Å². The molecule has 0 saturated carbocycles. The summed E-state index contributed by atoms with van der Waals surface area (Å²) in [6, 6.07) is 16.9. The van der Waals surface area contributed by atoms with Gasteiger partial charge < -0.3 is 5.73 Å². The highest BCUT2D eigenvalue weighted by Gasteiger charge is 2.16. The van der Waals surface area contributed by atoms with Crippen LogP contribution < -0.4 is 5.73 Å². The van der Waals surface area contributed by atoms with Crippen LogP contribution in [0.1, 0.15) is 23.7 Å². The molecule has 4 heteroatoms. The molecule has 0 spiro atoms. The Morgan fingerprint density at radius 1 is 1.00 bits per heavy atom. The minimum atomic E-state index is 0.534. The maximum Gasteiger partial charge on any atom is 0.150 e. The summed E-state index contributed by atoms with van der Waals surface area (Å²) in [5.41, 5.74) is 11.7. The van der Waals surface area contributed by atoms with Crippen molar-refractivity contribution < 1.29 is 0 Å². The van der Waals surface area contributed by atoms with Gasteiger partial charge in [0.2, 0.25) is 0 Å². The van der Waals surface area contributed by atoms with Crippen molar-refractivity contribution >= 4 is 27.6 Å². The number of fused-ring (bicyclic) bond motifs is 3. The fourth-order valence-electron chi connectivity index (χ4n) is 3.33. The van der Waals surface area contributed by atoms with Gasteiger partial charge in [-0.05, 0) is 23.6 Å². The standard InChI is InChI=1S/C20H20N4/c1-3-13-8-10-14(11-9-13)12-17-18-15-6-4-5-7-16(15)22-20(21)19(18)24(2)23-17/h4-11H,3,12H2,1-2H3,(H2,21,22). The molecule has 0 fully saturated rings. The van der Waals surface area contributed by atoms with Gasteiger partial charge >= 0.3 is 0 Å². The zero-order valence-electron chi connectivity index (χ0n) is 14.0. The van der Waals surface area contributed by atoms with E-state index in [4.69, 9.17) is 10.8 Å². The van der Waals surface area contributed by atoms with Gasteiger partial charge in [0.05, 0.1) is 11.2 Å². The van der Waals surface area contributed by atoms with E-state index in [-0.39, 0.29) is 0 Å². The van der Waals surface area contributed by atoms with Gasteiger partial charge in [0.1, 0.15) is 11.3 Å². The molecular formula is C20H20N4. The molecule has 0 aliphatic heterocycles. The molecule has 2 aromatic heterocycles. The molecule has 0 bridgehead atoms. The van der Waals surface area contributed by atoms with Crippen molar-refractivity contribution in [2.45, 2.75) is 19.8 Å². The number of nitrogen functional groups attached to an aromatic ring is 1. The lowest BCUT2D eigenvalue weighted by atomic mass is 10.0. The summed E-state index contributed by atoms with van der Waals surface area (Å²) in [5.74, 6) is 0.534. The number of pyridine rings is 1. The van der Waals surface area contributed by atoms with E-state index in [1.165, 1.54) is 11.1 Å². The number of anilines is 1. The summed E-state index contributed by atoms with van der Waals surface area (Å²) in [6.07, 6.45) is 1.84. The number of nitrogens with two attached hydrogens (primary N) is 1. The van der Waals surface area contributed by atoms with Gasteiger partial charge in [0.15, 0.2) is 0 Å². The molecule has 0 unspecified atom stereocenters. The van der Waals surface area contributed by atoms with Gasteiger partial charge in [-0.1, -0.05) is 49.4 Å². The molecule has 120 valence electrons. The molecule has 4 rings (SSSR count). The van der Waals surface area contributed by atoms with E-state index in [0.717, 1.165) is 40.3 Å². The molecule has 2 N–H and O–H groups in total. The Kier molecular flexibility index (Phi) is 3.45. The first-order chi connectivity index (χ1) is 11.7. The molecule has 2 aromatic carbocycles. The van der Waals surface area contributed by atoms with Crippen molar-refractivity contribution in [3.05, 3.63) is 65.4 Å². The number of benzene rings is 2. The van der Waals surface area contributed by atoms with Crippen LogP contribution in [0.3, 0.4) is 0 Å². The fraction of sp³-hybridized carbons (Fsp3) is 0.200. The van der Waals surface area contributed by atoms with Crippen molar-refractivity contribution in [2.75, 3.05) is 5.73 Å². The predicted molar refractivity (Wildman–Crippen MR) is 99.1 cm³/mol. The minimum Gasteiger partial charge on any atom is -0.382 e. The maximum absolute atomic E-state index is 6.20. The summed E-state index contributed by atoms with van der Waals surface area (Å²) in [6.45, 7) is 2.17. The van der Waals surface area contributed by atoms with E-state index >= 15 is 0 Å². The van der Waals surface area contributed by atoms with Gasteiger partial charge in [-0.2, -0.15) is 5.10 Å². The van der Waals surface area contributed by atoms with Crippen molar-refractivity contribution in [1.29, 1.82) is 0 Å². The zero-order valence-corrected chi connectivity index (χ0v) is 14.0. The lowest BCUT2D eigenvalue weighted by Gasteiger charge is -2.05. The molecule has 4 nitrogen and oxygen atoms in total. The first-order valence-corrected chi connectivity index (χ1v) is 8.25. The number of nitrogens with zero attached hydrogens (tertiary/aromatic N) is 3. The van der Waals surface area contributed by atoms with Crippen LogP contribution in [-0.2, 0) is 19.9 Å². The lowest BCUT2D eigenvalue weighted by Crippen LogP contribution is -1.97. The topological polar surface area (TPSA) is 56.7 Å². The smallest absolute Gasteiger partial charge is 0.150 e. The third kappa shape index (κ3) is 2.31. The van der Waals surface area contributed by atoms with Crippen LogP contribution in [-0.4, -0.2) is 14.8 Å². The van der Waals surface area contributed by atoms with Crippen molar-refractivity contribution in [2.24, 2.45) is 7.05 Å². The highest BCUT2D eigenvalue weighted by Crippen LogP contribution is 2.31. The van der Waals surface area contributed by atoms with Crippen LogP contribution in [0.15, 0.2) is 48.5 Å². The molecule has 24 heavy (non-hydrogen) atoms. The van der Waals surface area contributed by atoms with E-state index in [1.807, 2.05) is 29.9 Å². The van der Waals surface area contributed by atoms with Crippen LogP contribution in [0.4, 0.5) is 5.82 Å². The fourth-order valence-corrected chi connectivity index (χ4v) is 3.33. The lowest BCUT2D eigenvalue weighted by molar-refractivity contribution is 0.774. The molecule has 2 heterocycles. The number of hydrogen-bond donors (Lipinski definition) is 1. The number of rotatable bonds is 3. The summed E-state index contributed by atoms with van der Waals surface area (Å²) in [5, 5.41) is 6.95. The van der Waals surface area contributed by atoms with Gasteiger partial charge in [-0.15, -0.1) is 0 Å². The Balaban J connectivity index is 1.91. The molecule has 0 amide bonds. The number of para-hydroxylation sites is 1. The summed E-state index contributed by atoms with van der Waals surface area (Å²) in [7, 11) is 1.93. The summed E-state index contributed by atoms with van der Waals surface area (Å²) < 4.78 is 1.85. The Bertz CT molecular complexity index is 1030. The number of hydrogen-bond acceptors (Lipinski definition) is 3. The largest absolute Gasteiger partial charge is 0.382 e. The van der Waals surface area contributed by atoms with E-state index in [0.29, 0.717) is 5.82 Å². The molecule has 0 atom stereocenters. The second-order valence-electron chi connectivity index (χ2n) is 6.15. The Hall–Kier alpha value is -2.88. The van der Waals surface area contributed by atoms with Gasteiger partial charge in [-0.25, -0.2) is 4.98 Å². The third-order valence-corrected chi connectivity index (χ3v) is 4.58. The average Bonchev–Trinajstić information content (AvgIpc) is 2.93. The molecule has 0 saturated heterocycles. The van der Waals surface area contributed by atoms with Crippen molar-refractivity contribution in [3.8, 4) is 0 Å². The van der Waals surface area contributed by atoms with E-state index in [9.17, 15) is 0 Å². The zero-order chi connectivity index (χ0) is 16.7. The monoisotopic (exact) mass is 316 g/mol. The van der Waals surface area contributed by atoms with Gasteiger partial charge in [0, 0.05) is 24.2 Å². The Morgan fingerprint density at radius 3 is 2.46 bits per heavy atom. The summed E-state index contributed by atoms with van der Waals surface area (Å²) >= 11 is 0. The highest BCUT2D eigenvalue weighted by molar-refractivity contribution is 6.09. The highest BCUT2D eigenvalue weighted by atomic mass is 15.3. The van der Waals surface area contributed by atoms with Crippen molar-refractivity contribution in [1.82, 2.24) is 14.8 Å². The minimum absolute atomic E-state index is 0.534. The first-order valence-electron chi connectivity index (χ1n) is 8.25. The molecular weight excluding hydrogens is 296 g/mol. The van der Waals surface area contributed by atoms with Crippen LogP contribution in [0.25, 0.3) is 21.8 Å². The summed E-state index contributed by atoms with van der Waals surface area (Å²) in [4.78, 5) is 4.52. The Labute approximate surface area is 140 Å². The molecule has 0 radical (unpaired) electrons. The van der Waals surface area contributed by atoms with Gasteiger partial charge in [-0.3, -0.25) is 4.68 Å². The van der Waals surface area contributed by atoms with Crippen molar-refractivity contribution in [3.63, 3.8) is 0 Å². The Morgan fingerprint density at radius 2 is 1.71 bits per heavy atom. The quantitative estimate of drug-likeness (QED) is 0.624. The normalized spacial score (nSPS) is 11.4. The van der Waals surface area contributed by atoms with Crippen LogP contribution in [0, 0.1) is 0 Å². The molecule has 0 aliphatic carbocycles. The predicted octanol–water partition coefficient (Wildman–Crippen LogP) is 3.86. The van der Waals surface area contributed by atoms with E-state index in [2.05, 4.69) is 42.2 Å². The number of aryl methyl sites for hydroxylation is 2. The molecule has 4 aromatic rings. The SMILES string of the molecule is CCc1ccc(Cc2nn(C)c3c(N)nc4ccccc4c23)cc1. The third-order valence-electron chi connectivity index (χ3n) is 4.58.